The minimum absolute atomic E-state index is 0.0242. The van der Waals surface area contributed by atoms with E-state index < -0.39 is 11.7 Å². The molecule has 0 saturated carbocycles. The molecule has 6 heteroatoms. The highest BCUT2D eigenvalue weighted by atomic mass is 32.1. The van der Waals surface area contributed by atoms with Crippen LogP contribution in [0.1, 0.15) is 54.1 Å². The molecule has 2 heterocycles. The van der Waals surface area contributed by atoms with E-state index in [1.54, 1.807) is 6.07 Å². The minimum Gasteiger partial charge on any atom is -0.333 e. The largest absolute Gasteiger partial charge is 0.333 e. The molecular weight excluding hydrogens is 337 g/mol. The summed E-state index contributed by atoms with van der Waals surface area (Å²) in [4.78, 5) is 13.5. The van der Waals surface area contributed by atoms with Crippen LogP contribution in [0.25, 0.3) is 0 Å². The number of nitrogens with two attached hydrogens (primary N) is 1. The summed E-state index contributed by atoms with van der Waals surface area (Å²) in [5.74, 6) is -1.11. The Bertz CT molecular complexity index is 893. The number of halogens is 1. The summed E-state index contributed by atoms with van der Waals surface area (Å²) in [7, 11) is 0. The van der Waals surface area contributed by atoms with Crippen LogP contribution in [0.15, 0.2) is 24.3 Å². The van der Waals surface area contributed by atoms with Crippen molar-refractivity contribution in [2.75, 3.05) is 5.32 Å². The highest BCUT2D eigenvalue weighted by molar-refractivity contribution is 7.16. The molecule has 0 aliphatic carbocycles. The van der Waals surface area contributed by atoms with Gasteiger partial charge >= 0.3 is 0 Å². The number of carbonyl (C=O) groups excluding carboxylic acids is 1. The van der Waals surface area contributed by atoms with Crippen LogP contribution in [0.2, 0.25) is 0 Å². The molecule has 0 spiro atoms. The second-order valence-corrected chi connectivity index (χ2v) is 8.71. The van der Waals surface area contributed by atoms with Gasteiger partial charge in [0.1, 0.15) is 22.4 Å². The van der Waals surface area contributed by atoms with E-state index in [9.17, 15) is 14.4 Å². The molecule has 1 aromatic carbocycles. The first-order chi connectivity index (χ1) is 11.6. The fraction of sp³-hybridized carbons (Fsp3) is 0.368. The third-order valence-electron chi connectivity index (χ3n) is 4.43. The van der Waals surface area contributed by atoms with E-state index in [4.69, 9.17) is 0 Å². The lowest BCUT2D eigenvalue weighted by Crippen LogP contribution is -3.03. The fourth-order valence-electron chi connectivity index (χ4n) is 3.73. The smallest absolute Gasteiger partial charge is 0.259 e. The highest BCUT2D eigenvalue weighted by Crippen LogP contribution is 2.41. The molecule has 3 rings (SSSR count). The van der Waals surface area contributed by atoms with E-state index in [0.29, 0.717) is 10.6 Å². The van der Waals surface area contributed by atoms with Crippen LogP contribution in [0.5, 0.6) is 0 Å². The molecule has 1 aliphatic heterocycles. The molecule has 2 aromatic rings. The van der Waals surface area contributed by atoms with Gasteiger partial charge in [-0.05, 0) is 45.4 Å². The van der Waals surface area contributed by atoms with Gasteiger partial charge in [0.15, 0.2) is 0 Å². The topological polar surface area (TPSA) is 69.5 Å². The zero-order valence-corrected chi connectivity index (χ0v) is 15.6. The molecule has 0 bridgehead atoms. The number of hydrogen-bond acceptors (Lipinski definition) is 3. The second kappa shape index (κ2) is 5.94. The summed E-state index contributed by atoms with van der Waals surface area (Å²) in [6.45, 7) is 8.53. The van der Waals surface area contributed by atoms with Crippen molar-refractivity contribution < 1.29 is 14.5 Å². The van der Waals surface area contributed by atoms with Crippen molar-refractivity contribution in [2.24, 2.45) is 0 Å². The molecule has 0 fully saturated rings. The van der Waals surface area contributed by atoms with E-state index in [2.05, 4.69) is 44.4 Å². The van der Waals surface area contributed by atoms with Crippen LogP contribution in [-0.4, -0.2) is 11.4 Å². The first-order valence-corrected chi connectivity index (χ1v) is 8.95. The van der Waals surface area contributed by atoms with E-state index in [0.717, 1.165) is 16.9 Å². The SMILES string of the molecule is CC1(C)Cc2c(sc(NC(=O)c3ccccc3F)c2C#N)C(C)(C)[NH2+]1. The lowest BCUT2D eigenvalue weighted by Gasteiger charge is -2.38. The van der Waals surface area contributed by atoms with Gasteiger partial charge < -0.3 is 10.6 Å². The normalized spacial score (nSPS) is 17.4. The van der Waals surface area contributed by atoms with Crippen molar-refractivity contribution in [3.63, 3.8) is 0 Å². The predicted octanol–water partition coefficient (Wildman–Crippen LogP) is 3.14. The second-order valence-electron chi connectivity index (χ2n) is 7.69. The molecule has 4 nitrogen and oxygen atoms in total. The standard InChI is InChI=1S/C19H20FN3OS/c1-18(2)9-12-13(10-21)17(25-15(12)19(3,4)23-18)22-16(24)11-7-5-6-8-14(11)20/h5-8,23H,9H2,1-4H3,(H,22,24)/p+1. The van der Waals surface area contributed by atoms with Gasteiger partial charge in [0.2, 0.25) is 0 Å². The highest BCUT2D eigenvalue weighted by Gasteiger charge is 2.44. The Kier molecular flexibility index (Phi) is 4.18. The van der Waals surface area contributed by atoms with Crippen LogP contribution in [-0.2, 0) is 12.0 Å². The Morgan fingerprint density at radius 2 is 2.00 bits per heavy atom. The average molecular weight is 358 g/mol. The predicted molar refractivity (Wildman–Crippen MR) is 96.1 cm³/mol. The van der Waals surface area contributed by atoms with Crippen LogP contribution >= 0.6 is 11.3 Å². The van der Waals surface area contributed by atoms with E-state index in [-0.39, 0.29) is 16.6 Å². The lowest BCUT2D eigenvalue weighted by atomic mass is 9.81. The zero-order chi connectivity index (χ0) is 18.4. The molecule has 0 saturated heterocycles. The van der Waals surface area contributed by atoms with Gasteiger partial charge in [-0.2, -0.15) is 5.26 Å². The monoisotopic (exact) mass is 358 g/mol. The molecule has 3 N–H and O–H groups in total. The van der Waals surface area contributed by atoms with Gasteiger partial charge in [0.25, 0.3) is 5.91 Å². The molecule has 0 radical (unpaired) electrons. The van der Waals surface area contributed by atoms with Gasteiger partial charge in [0, 0.05) is 6.42 Å². The number of amides is 1. The van der Waals surface area contributed by atoms with Crippen molar-refractivity contribution in [1.82, 2.24) is 0 Å². The molecule has 25 heavy (non-hydrogen) atoms. The third-order valence-corrected chi connectivity index (χ3v) is 5.92. The summed E-state index contributed by atoms with van der Waals surface area (Å²) in [6.07, 6.45) is 0.751. The van der Waals surface area contributed by atoms with Gasteiger partial charge in [-0.3, -0.25) is 4.79 Å². The van der Waals surface area contributed by atoms with Crippen LogP contribution in [0.3, 0.4) is 0 Å². The van der Waals surface area contributed by atoms with Gasteiger partial charge in [-0.15, -0.1) is 11.3 Å². The fourth-order valence-corrected chi connectivity index (χ4v) is 4.96. The molecule has 1 amide bonds. The maximum atomic E-state index is 13.8. The van der Waals surface area contributed by atoms with Crippen molar-refractivity contribution in [3.05, 3.63) is 51.7 Å². The number of thiophene rings is 1. The Balaban J connectivity index is 2.02. The summed E-state index contributed by atoms with van der Waals surface area (Å²) < 4.78 is 13.8. The number of carbonyl (C=O) groups is 1. The van der Waals surface area contributed by atoms with E-state index >= 15 is 0 Å². The average Bonchev–Trinajstić information content (AvgIpc) is 2.83. The van der Waals surface area contributed by atoms with Gasteiger partial charge in [-0.25, -0.2) is 4.39 Å². The maximum Gasteiger partial charge on any atom is 0.259 e. The maximum absolute atomic E-state index is 13.8. The minimum atomic E-state index is -0.574. The number of hydrogen-bond donors (Lipinski definition) is 2. The molecule has 1 aromatic heterocycles. The van der Waals surface area contributed by atoms with Gasteiger partial charge in [0.05, 0.1) is 21.5 Å². The number of rotatable bonds is 2. The zero-order valence-electron chi connectivity index (χ0n) is 14.7. The number of fused-ring (bicyclic) bond motifs is 1. The number of benzene rings is 1. The summed E-state index contributed by atoms with van der Waals surface area (Å²) in [5, 5.41) is 15.2. The summed E-state index contributed by atoms with van der Waals surface area (Å²) in [5.41, 5.74) is 1.25. The molecular formula is C19H21FN3OS+. The third kappa shape index (κ3) is 3.17. The molecule has 0 atom stereocenters. The van der Waals surface area contributed by atoms with Crippen LogP contribution in [0.4, 0.5) is 9.39 Å². The Labute approximate surface area is 150 Å². The number of nitrogens with zero attached hydrogens (tertiary/aromatic N) is 1. The first-order valence-electron chi connectivity index (χ1n) is 8.14. The Morgan fingerprint density at radius 3 is 2.64 bits per heavy atom. The summed E-state index contributed by atoms with van der Waals surface area (Å²) >= 11 is 1.41. The van der Waals surface area contributed by atoms with Crippen molar-refractivity contribution in [3.8, 4) is 6.07 Å². The van der Waals surface area contributed by atoms with Crippen molar-refractivity contribution >= 4 is 22.2 Å². The number of nitriles is 1. The first kappa shape index (κ1) is 17.6. The van der Waals surface area contributed by atoms with Gasteiger partial charge in [-0.1, -0.05) is 12.1 Å². The quantitative estimate of drug-likeness (QED) is 0.866. The number of anilines is 1. The lowest BCUT2D eigenvalue weighted by molar-refractivity contribution is -0.789. The molecule has 0 unspecified atom stereocenters. The van der Waals surface area contributed by atoms with Crippen LogP contribution < -0.4 is 10.6 Å². The van der Waals surface area contributed by atoms with Crippen molar-refractivity contribution in [1.29, 1.82) is 5.26 Å². The summed E-state index contributed by atoms with van der Waals surface area (Å²) in [6, 6.07) is 8.08. The van der Waals surface area contributed by atoms with E-state index in [1.165, 1.54) is 29.5 Å². The molecule has 130 valence electrons. The molecule has 1 aliphatic rings. The number of nitrogens with one attached hydrogen (secondary N) is 1. The Hall–Kier alpha value is -2.23. The number of quaternary nitrogens is 1. The van der Waals surface area contributed by atoms with Crippen molar-refractivity contribution in [2.45, 2.75) is 45.2 Å². The Morgan fingerprint density at radius 1 is 1.32 bits per heavy atom. The van der Waals surface area contributed by atoms with E-state index in [1.807, 2.05) is 0 Å². The van der Waals surface area contributed by atoms with Crippen LogP contribution in [0, 0.1) is 17.1 Å².